The first-order valence-corrected chi connectivity index (χ1v) is 6.97. The van der Waals surface area contributed by atoms with E-state index in [1.54, 1.807) is 0 Å². The smallest absolute Gasteiger partial charge is 0.0456 e. The van der Waals surface area contributed by atoms with Gasteiger partial charge in [-0.3, -0.25) is 0 Å². The number of rotatable bonds is 7. The highest BCUT2D eigenvalue weighted by Crippen LogP contribution is 2.16. The van der Waals surface area contributed by atoms with E-state index in [1.807, 2.05) is 0 Å². The van der Waals surface area contributed by atoms with Gasteiger partial charge in [0.05, 0.1) is 0 Å². The van der Waals surface area contributed by atoms with E-state index in [2.05, 4.69) is 42.2 Å². The van der Waals surface area contributed by atoms with Gasteiger partial charge < -0.3 is 4.98 Å². The molecule has 0 radical (unpaired) electrons. The molecule has 0 amide bonds. The molecule has 1 aromatic carbocycles. The van der Waals surface area contributed by atoms with Crippen molar-refractivity contribution in [3.8, 4) is 0 Å². The standard InChI is InChI=1S/C16H23N/c1-2-3-4-5-6-7-11-15-13-14-10-8-9-12-16(14)17-15/h8-10,12-13,17H,2-7,11H2,1H3. The van der Waals surface area contributed by atoms with Gasteiger partial charge in [0.2, 0.25) is 0 Å². The minimum absolute atomic E-state index is 1.20. The summed E-state index contributed by atoms with van der Waals surface area (Å²) in [5.41, 5.74) is 2.66. The molecule has 2 aromatic rings. The number of unbranched alkanes of at least 4 members (excludes halogenated alkanes) is 5. The number of H-pyrrole nitrogens is 1. The molecule has 0 spiro atoms. The zero-order valence-corrected chi connectivity index (χ0v) is 10.8. The van der Waals surface area contributed by atoms with Crippen LogP contribution in [0.2, 0.25) is 0 Å². The summed E-state index contributed by atoms with van der Waals surface area (Å²) < 4.78 is 0. The Morgan fingerprint density at radius 2 is 1.71 bits per heavy atom. The van der Waals surface area contributed by atoms with Crippen LogP contribution in [0.4, 0.5) is 0 Å². The number of benzene rings is 1. The number of para-hydroxylation sites is 1. The minimum Gasteiger partial charge on any atom is -0.358 e. The third-order valence-corrected chi connectivity index (χ3v) is 3.39. The van der Waals surface area contributed by atoms with Crippen LogP contribution in [0.25, 0.3) is 10.9 Å². The Labute approximate surface area is 104 Å². The Balaban J connectivity index is 1.75. The number of aromatic amines is 1. The third kappa shape index (κ3) is 3.62. The van der Waals surface area contributed by atoms with Crippen molar-refractivity contribution in [2.45, 2.75) is 51.9 Å². The summed E-state index contributed by atoms with van der Waals surface area (Å²) in [6, 6.07) is 10.8. The average molecular weight is 229 g/mol. The summed E-state index contributed by atoms with van der Waals surface area (Å²) in [5, 5.41) is 1.34. The van der Waals surface area contributed by atoms with E-state index < -0.39 is 0 Å². The molecule has 0 unspecified atom stereocenters. The van der Waals surface area contributed by atoms with Gasteiger partial charge in [-0.1, -0.05) is 57.2 Å². The number of aryl methyl sites for hydroxylation is 1. The molecule has 0 aliphatic heterocycles. The second-order valence-electron chi connectivity index (χ2n) is 4.90. The van der Waals surface area contributed by atoms with Gasteiger partial charge in [-0.15, -0.1) is 0 Å². The van der Waals surface area contributed by atoms with Crippen molar-refractivity contribution in [3.05, 3.63) is 36.0 Å². The van der Waals surface area contributed by atoms with Crippen LogP contribution in [0.5, 0.6) is 0 Å². The molecule has 0 saturated heterocycles. The molecule has 0 atom stereocenters. The lowest BCUT2D eigenvalue weighted by atomic mass is 10.1. The van der Waals surface area contributed by atoms with Crippen molar-refractivity contribution < 1.29 is 0 Å². The van der Waals surface area contributed by atoms with Gasteiger partial charge >= 0.3 is 0 Å². The van der Waals surface area contributed by atoms with Crippen LogP contribution in [0.1, 0.15) is 51.1 Å². The summed E-state index contributed by atoms with van der Waals surface area (Å²) in [6.45, 7) is 2.27. The highest BCUT2D eigenvalue weighted by molar-refractivity contribution is 5.80. The van der Waals surface area contributed by atoms with Crippen molar-refractivity contribution in [1.29, 1.82) is 0 Å². The quantitative estimate of drug-likeness (QED) is 0.638. The van der Waals surface area contributed by atoms with Gasteiger partial charge in [0, 0.05) is 11.2 Å². The van der Waals surface area contributed by atoms with E-state index in [4.69, 9.17) is 0 Å². The molecule has 0 aliphatic carbocycles. The number of fused-ring (bicyclic) bond motifs is 1. The van der Waals surface area contributed by atoms with Crippen LogP contribution in [-0.2, 0) is 6.42 Å². The van der Waals surface area contributed by atoms with Crippen molar-refractivity contribution in [2.24, 2.45) is 0 Å². The average Bonchev–Trinajstić information content (AvgIpc) is 2.76. The van der Waals surface area contributed by atoms with Gasteiger partial charge in [-0.25, -0.2) is 0 Å². The van der Waals surface area contributed by atoms with Crippen molar-refractivity contribution in [1.82, 2.24) is 4.98 Å². The molecule has 17 heavy (non-hydrogen) atoms. The largest absolute Gasteiger partial charge is 0.358 e. The highest BCUT2D eigenvalue weighted by atomic mass is 14.7. The highest BCUT2D eigenvalue weighted by Gasteiger charge is 1.99. The Kier molecular flexibility index (Phi) is 4.66. The first-order valence-electron chi connectivity index (χ1n) is 6.97. The van der Waals surface area contributed by atoms with Crippen molar-refractivity contribution in [2.75, 3.05) is 0 Å². The lowest BCUT2D eigenvalue weighted by Crippen LogP contribution is -1.85. The Bertz CT molecular complexity index is 408. The van der Waals surface area contributed by atoms with Crippen LogP contribution < -0.4 is 0 Å². The first-order chi connectivity index (χ1) is 8.40. The lowest BCUT2D eigenvalue weighted by Gasteiger charge is -1.99. The van der Waals surface area contributed by atoms with Crippen molar-refractivity contribution >= 4 is 10.9 Å². The fraction of sp³-hybridized carbons (Fsp3) is 0.500. The zero-order valence-electron chi connectivity index (χ0n) is 10.8. The maximum Gasteiger partial charge on any atom is 0.0456 e. The number of hydrogen-bond donors (Lipinski definition) is 1. The second-order valence-corrected chi connectivity index (χ2v) is 4.90. The molecule has 0 fully saturated rings. The fourth-order valence-corrected chi connectivity index (χ4v) is 2.36. The molecule has 0 aliphatic rings. The van der Waals surface area contributed by atoms with Crippen molar-refractivity contribution in [3.63, 3.8) is 0 Å². The van der Waals surface area contributed by atoms with E-state index in [0.717, 1.165) is 0 Å². The van der Waals surface area contributed by atoms with Gasteiger partial charge in [0.15, 0.2) is 0 Å². The Hall–Kier alpha value is -1.24. The summed E-state index contributed by atoms with van der Waals surface area (Å²) in [4.78, 5) is 3.50. The van der Waals surface area contributed by atoms with Crippen LogP contribution in [0.3, 0.4) is 0 Å². The van der Waals surface area contributed by atoms with Gasteiger partial charge in [-0.05, 0) is 30.4 Å². The maximum atomic E-state index is 3.50. The molecule has 1 heteroatoms. The topological polar surface area (TPSA) is 15.8 Å². The van der Waals surface area contributed by atoms with Gasteiger partial charge in [-0.2, -0.15) is 0 Å². The molecule has 0 saturated carbocycles. The van der Waals surface area contributed by atoms with Gasteiger partial charge in [0.25, 0.3) is 0 Å². The maximum absolute atomic E-state index is 3.50. The first kappa shape index (κ1) is 12.2. The molecule has 1 N–H and O–H groups in total. The summed E-state index contributed by atoms with van der Waals surface area (Å²) in [7, 11) is 0. The minimum atomic E-state index is 1.20. The van der Waals surface area contributed by atoms with E-state index >= 15 is 0 Å². The molecule has 92 valence electrons. The Morgan fingerprint density at radius 3 is 2.53 bits per heavy atom. The lowest BCUT2D eigenvalue weighted by molar-refractivity contribution is 0.605. The normalized spacial score (nSPS) is 11.1. The summed E-state index contributed by atoms with van der Waals surface area (Å²) in [6.07, 6.45) is 9.42. The third-order valence-electron chi connectivity index (χ3n) is 3.39. The number of aromatic nitrogens is 1. The van der Waals surface area contributed by atoms with Gasteiger partial charge in [0.1, 0.15) is 0 Å². The predicted octanol–water partition coefficient (Wildman–Crippen LogP) is 5.07. The second kappa shape index (κ2) is 6.48. The summed E-state index contributed by atoms with van der Waals surface area (Å²) in [5.74, 6) is 0. The molecule has 1 aromatic heterocycles. The van der Waals surface area contributed by atoms with Crippen LogP contribution in [-0.4, -0.2) is 4.98 Å². The van der Waals surface area contributed by atoms with Crippen LogP contribution in [0.15, 0.2) is 30.3 Å². The summed E-state index contributed by atoms with van der Waals surface area (Å²) >= 11 is 0. The van der Waals surface area contributed by atoms with Crippen LogP contribution >= 0.6 is 0 Å². The molecule has 2 rings (SSSR count). The monoisotopic (exact) mass is 229 g/mol. The molecule has 0 bridgehead atoms. The Morgan fingerprint density at radius 1 is 0.941 bits per heavy atom. The predicted molar refractivity (Wildman–Crippen MR) is 75.4 cm³/mol. The van der Waals surface area contributed by atoms with Crippen LogP contribution in [0, 0.1) is 0 Å². The van der Waals surface area contributed by atoms with E-state index in [1.165, 1.54) is 61.5 Å². The molecular formula is C16H23N. The SMILES string of the molecule is CCCCCCCCc1cc2ccccc2[nH]1. The van der Waals surface area contributed by atoms with E-state index in [9.17, 15) is 0 Å². The fourth-order valence-electron chi connectivity index (χ4n) is 2.36. The van der Waals surface area contributed by atoms with E-state index in [-0.39, 0.29) is 0 Å². The van der Waals surface area contributed by atoms with E-state index in [0.29, 0.717) is 0 Å². The molecule has 1 heterocycles. The number of nitrogens with one attached hydrogen (secondary N) is 1. The molecular weight excluding hydrogens is 206 g/mol. The zero-order chi connectivity index (χ0) is 11.9. The molecule has 1 nitrogen and oxygen atoms in total. The number of hydrogen-bond acceptors (Lipinski definition) is 0.